The fourth-order valence-corrected chi connectivity index (χ4v) is 1.96. The second-order valence-corrected chi connectivity index (χ2v) is 7.22. The van der Waals surface area contributed by atoms with E-state index in [1.807, 2.05) is 18.4 Å². The number of hydrogen-bond donors (Lipinski definition) is 1. The second kappa shape index (κ2) is 20.6. The number of rotatable bonds is 8. The van der Waals surface area contributed by atoms with Gasteiger partial charge in [0.05, 0.1) is 19.7 Å². The van der Waals surface area contributed by atoms with Crippen LogP contribution < -0.4 is 0 Å². The molecule has 2 rings (SSSR count). The standard InChI is InChI=1S/C8H13N2O.C6H12O3.C3H2I2N2.Y/c1-3-4-11-7-10-5-8(2)9-6-10;1-3-4-8-5-9-6(2)7;4-2-3(5)7-1-6-2;/h6H,3-4,7H2,1-2H3;3-5H2,1-2H3;1H,(H,6,7);/q-1;;;. The minimum atomic E-state index is -0.300. The summed E-state index contributed by atoms with van der Waals surface area (Å²) < 4.78 is 18.6. The molecule has 1 radical (unpaired) electrons. The molecule has 11 heteroatoms. The van der Waals surface area contributed by atoms with Gasteiger partial charge in [-0.1, -0.05) is 25.9 Å². The average molecular weight is 694 g/mol. The van der Waals surface area contributed by atoms with Gasteiger partial charge in [0.1, 0.15) is 7.40 Å². The Morgan fingerprint density at radius 1 is 1.21 bits per heavy atom. The maximum Gasteiger partial charge on any atom is 0.304 e. The Kier molecular flexibility index (Phi) is 22.5. The van der Waals surface area contributed by atoms with Crippen molar-refractivity contribution in [2.75, 3.05) is 20.0 Å². The van der Waals surface area contributed by atoms with Gasteiger partial charge in [-0.25, -0.2) is 4.98 Å². The molecule has 0 aliphatic rings. The first kappa shape index (κ1) is 30.6. The Hall–Kier alpha value is 0.374. The zero-order chi connectivity index (χ0) is 20.5. The Morgan fingerprint density at radius 3 is 2.25 bits per heavy atom. The number of H-pyrrole nitrogens is 1. The van der Waals surface area contributed by atoms with Crippen LogP contribution in [0.2, 0.25) is 0 Å². The molecule has 28 heavy (non-hydrogen) atoms. The number of esters is 1. The van der Waals surface area contributed by atoms with Gasteiger partial charge in [0, 0.05) is 46.2 Å². The number of nitrogens with one attached hydrogen (secondary N) is 1. The third-order valence-corrected chi connectivity index (χ3v) is 5.19. The third kappa shape index (κ3) is 18.4. The van der Waals surface area contributed by atoms with Gasteiger partial charge in [-0.3, -0.25) is 4.79 Å². The van der Waals surface area contributed by atoms with Gasteiger partial charge in [0.25, 0.3) is 0 Å². The summed E-state index contributed by atoms with van der Waals surface area (Å²) in [6.07, 6.45) is 8.42. The number of imidazole rings is 2. The van der Waals surface area contributed by atoms with Crippen molar-refractivity contribution in [3.8, 4) is 0 Å². The monoisotopic (exact) mass is 694 g/mol. The number of aryl methyl sites for hydroxylation is 1. The average Bonchev–Trinajstić information content (AvgIpc) is 3.21. The van der Waals surface area contributed by atoms with Crippen molar-refractivity contribution in [3.63, 3.8) is 0 Å². The predicted molar refractivity (Wildman–Crippen MR) is 119 cm³/mol. The van der Waals surface area contributed by atoms with Crippen LogP contribution in [0.5, 0.6) is 0 Å². The van der Waals surface area contributed by atoms with Crippen LogP contribution in [0.15, 0.2) is 12.7 Å². The van der Waals surface area contributed by atoms with Gasteiger partial charge >= 0.3 is 5.97 Å². The molecule has 0 spiro atoms. The minimum Gasteiger partial charge on any atom is -0.479 e. The predicted octanol–water partition coefficient (Wildman–Crippen LogP) is 3.93. The van der Waals surface area contributed by atoms with Crippen molar-refractivity contribution in [1.82, 2.24) is 19.5 Å². The molecule has 0 bridgehead atoms. The first-order chi connectivity index (χ1) is 12.9. The van der Waals surface area contributed by atoms with E-state index in [0.717, 1.165) is 32.5 Å². The van der Waals surface area contributed by atoms with E-state index < -0.39 is 0 Å². The molecule has 8 nitrogen and oxygen atoms in total. The number of ether oxygens (including phenoxy) is 3. The molecule has 0 aromatic carbocycles. The number of halogens is 2. The van der Waals surface area contributed by atoms with E-state index in [1.54, 1.807) is 12.7 Å². The number of carbonyl (C=O) groups is 1. The van der Waals surface area contributed by atoms with E-state index in [-0.39, 0.29) is 45.5 Å². The van der Waals surface area contributed by atoms with Gasteiger partial charge in [-0.2, -0.15) is 0 Å². The quantitative estimate of drug-likeness (QED) is 0.148. The van der Waals surface area contributed by atoms with Crippen LogP contribution in [-0.4, -0.2) is 45.5 Å². The summed E-state index contributed by atoms with van der Waals surface area (Å²) in [5.74, 6) is -0.300. The Labute approximate surface area is 219 Å². The van der Waals surface area contributed by atoms with Crippen LogP contribution in [0.4, 0.5) is 0 Å². The Balaban J connectivity index is 0. The number of aromatic amines is 1. The van der Waals surface area contributed by atoms with Gasteiger partial charge in [0.2, 0.25) is 0 Å². The molecule has 0 atom stereocenters. The molecule has 2 aromatic rings. The van der Waals surface area contributed by atoms with E-state index in [2.05, 4.69) is 78.0 Å². The maximum absolute atomic E-state index is 10.1. The number of hydrogen-bond acceptors (Lipinski definition) is 6. The number of nitrogens with zero attached hydrogens (tertiary/aromatic N) is 3. The molecule has 0 fully saturated rings. The molecule has 0 saturated carbocycles. The van der Waals surface area contributed by atoms with E-state index in [4.69, 9.17) is 9.47 Å². The van der Waals surface area contributed by atoms with Crippen LogP contribution in [0.1, 0.15) is 39.3 Å². The van der Waals surface area contributed by atoms with Crippen LogP contribution in [-0.2, 0) is 58.4 Å². The molecule has 0 unspecified atom stereocenters. The fourth-order valence-electron chi connectivity index (χ4n) is 1.38. The van der Waals surface area contributed by atoms with E-state index >= 15 is 0 Å². The van der Waals surface area contributed by atoms with Gasteiger partial charge in [-0.15, -0.1) is 6.20 Å². The molecule has 2 heterocycles. The maximum atomic E-state index is 10.1. The van der Waals surface area contributed by atoms with Gasteiger partial charge in [-0.05, 0) is 64.9 Å². The molecule has 0 aliphatic carbocycles. The van der Waals surface area contributed by atoms with Crippen molar-refractivity contribution in [3.05, 3.63) is 31.9 Å². The third-order valence-electron chi connectivity index (χ3n) is 2.52. The van der Waals surface area contributed by atoms with Crippen molar-refractivity contribution in [1.29, 1.82) is 0 Å². The smallest absolute Gasteiger partial charge is 0.304 e. The zero-order valence-electron chi connectivity index (χ0n) is 16.7. The second-order valence-electron chi connectivity index (χ2n) is 5.12. The topological polar surface area (TPSA) is 91.3 Å². The van der Waals surface area contributed by atoms with Crippen LogP contribution >= 0.6 is 45.2 Å². The molecular weight excluding hydrogens is 667 g/mol. The molecule has 0 saturated heterocycles. The van der Waals surface area contributed by atoms with E-state index in [0.29, 0.717) is 13.3 Å². The van der Waals surface area contributed by atoms with E-state index in [9.17, 15) is 4.79 Å². The summed E-state index contributed by atoms with van der Waals surface area (Å²) in [5.41, 5.74) is 0.907. The Morgan fingerprint density at radius 2 is 1.86 bits per heavy atom. The summed E-state index contributed by atoms with van der Waals surface area (Å²) in [5, 5.41) is 0. The molecule has 1 N–H and O–H groups in total. The summed E-state index contributed by atoms with van der Waals surface area (Å²) in [4.78, 5) is 21.0. The molecule has 157 valence electrons. The number of aromatic nitrogens is 4. The Bertz CT molecular complexity index is 609. The van der Waals surface area contributed by atoms with Crippen LogP contribution in [0, 0.1) is 20.5 Å². The number of carbonyl (C=O) groups excluding carboxylic acids is 1. The normalized spacial score (nSPS) is 9.36. The molecule has 0 aliphatic heterocycles. The first-order valence-corrected chi connectivity index (χ1v) is 10.6. The summed E-state index contributed by atoms with van der Waals surface area (Å²) in [6.45, 7) is 9.44. The largest absolute Gasteiger partial charge is 0.479 e. The fraction of sp³-hybridized carbons (Fsp3) is 0.588. The van der Waals surface area contributed by atoms with E-state index in [1.165, 1.54) is 6.92 Å². The zero-order valence-corrected chi connectivity index (χ0v) is 23.9. The van der Waals surface area contributed by atoms with Crippen molar-refractivity contribution in [2.24, 2.45) is 0 Å². The van der Waals surface area contributed by atoms with Crippen molar-refractivity contribution in [2.45, 2.75) is 47.3 Å². The summed E-state index contributed by atoms with van der Waals surface area (Å²) >= 11 is 4.36. The summed E-state index contributed by atoms with van der Waals surface area (Å²) in [6, 6.07) is 0. The van der Waals surface area contributed by atoms with Crippen molar-refractivity contribution < 1.29 is 51.7 Å². The molecular formula is C17H27I2N4O4Y-. The van der Waals surface area contributed by atoms with Gasteiger partial charge in [0.15, 0.2) is 6.79 Å². The van der Waals surface area contributed by atoms with Gasteiger partial charge < -0.3 is 28.7 Å². The van der Waals surface area contributed by atoms with Crippen LogP contribution in [0.25, 0.3) is 0 Å². The minimum absolute atomic E-state index is 0. The van der Waals surface area contributed by atoms with Crippen LogP contribution in [0.3, 0.4) is 0 Å². The van der Waals surface area contributed by atoms with Crippen molar-refractivity contribution >= 4 is 51.2 Å². The summed E-state index contributed by atoms with van der Waals surface area (Å²) in [7, 11) is 0. The SMILES string of the molecule is CCCOCOC(C)=O.CCCOCn1[c-]c(C)nc1.Ic1nc[nH]c1I.[Y]. The molecule has 2 aromatic heterocycles. The first-order valence-electron chi connectivity index (χ1n) is 8.44. The molecule has 0 amide bonds.